The lowest BCUT2D eigenvalue weighted by Gasteiger charge is -2.22. The Kier molecular flexibility index (Phi) is 2.42. The molecule has 0 spiro atoms. The third kappa shape index (κ3) is 1.68. The summed E-state index contributed by atoms with van der Waals surface area (Å²) < 4.78 is 22.2. The number of carbonyl (C=O) groups excluding carboxylic acids is 1. The Hall–Kier alpha value is -2.63. The zero-order valence-electron chi connectivity index (χ0n) is 11.1. The fourth-order valence-corrected chi connectivity index (χ4v) is 2.71. The van der Waals surface area contributed by atoms with Gasteiger partial charge in [-0.1, -0.05) is 12.1 Å². The molecule has 1 saturated heterocycles. The van der Waals surface area contributed by atoms with Crippen LogP contribution in [0.2, 0.25) is 0 Å². The van der Waals surface area contributed by atoms with Gasteiger partial charge in [-0.15, -0.1) is 0 Å². The van der Waals surface area contributed by atoms with E-state index in [1.165, 1.54) is 0 Å². The van der Waals surface area contributed by atoms with Crippen LogP contribution in [-0.2, 0) is 18.9 Å². The molecule has 0 aromatic heterocycles. The number of hydrogen-bond donors (Lipinski definition) is 1. The maximum Gasteiger partial charge on any atom is 0.341 e. The molecule has 1 aromatic rings. The zero-order valence-corrected chi connectivity index (χ0v) is 11.1. The third-order valence-electron chi connectivity index (χ3n) is 3.76. The first kappa shape index (κ1) is 12.1. The fourth-order valence-electron chi connectivity index (χ4n) is 2.71. The topological polar surface area (TPSA) is 80.0 Å². The lowest BCUT2D eigenvalue weighted by Crippen LogP contribution is -2.39. The van der Waals surface area contributed by atoms with Crippen molar-refractivity contribution in [2.75, 3.05) is 25.6 Å². The van der Waals surface area contributed by atoms with Crippen molar-refractivity contribution in [2.24, 2.45) is 0 Å². The summed E-state index contributed by atoms with van der Waals surface area (Å²) in [5, 5.41) is 0. The highest BCUT2D eigenvalue weighted by atomic mass is 16.7. The summed E-state index contributed by atoms with van der Waals surface area (Å²) in [6.07, 6.45) is 1.81. The van der Waals surface area contributed by atoms with Crippen molar-refractivity contribution in [1.82, 2.24) is 0 Å². The Labute approximate surface area is 120 Å². The maximum atomic E-state index is 12.4. The number of para-hydroxylation sites is 1. The second kappa shape index (κ2) is 4.18. The molecule has 6 nitrogen and oxygen atoms in total. The summed E-state index contributed by atoms with van der Waals surface area (Å²) >= 11 is 0. The van der Waals surface area contributed by atoms with E-state index < -0.39 is 11.6 Å². The number of esters is 1. The monoisotopic (exact) mass is 287 g/mol. The summed E-state index contributed by atoms with van der Waals surface area (Å²) in [6.45, 7) is 0.802. The Morgan fingerprint density at radius 2 is 2.00 bits per heavy atom. The molecule has 1 fully saturated rings. The summed E-state index contributed by atoms with van der Waals surface area (Å²) in [5.74, 6) is 0.558. The zero-order chi connectivity index (χ0) is 14.4. The lowest BCUT2D eigenvalue weighted by molar-refractivity contribution is -0.0406. The number of anilines is 1. The number of rotatable bonds is 2. The highest BCUT2D eigenvalue weighted by Gasteiger charge is 2.56. The van der Waals surface area contributed by atoms with Gasteiger partial charge in [0.25, 0.3) is 5.95 Å². The predicted octanol–water partition coefficient (Wildman–Crippen LogP) is 1.35. The van der Waals surface area contributed by atoms with Gasteiger partial charge in [0.05, 0.1) is 5.56 Å². The second-order valence-corrected chi connectivity index (χ2v) is 5.09. The molecule has 21 heavy (non-hydrogen) atoms. The van der Waals surface area contributed by atoms with E-state index in [-0.39, 0.29) is 13.2 Å². The SMILES string of the molecule is Nc1ccccc1C(=O)OC12COC3=CCOC(=C31)OC2. The summed E-state index contributed by atoms with van der Waals surface area (Å²) in [6, 6.07) is 6.78. The average molecular weight is 287 g/mol. The molecule has 6 heteroatoms. The van der Waals surface area contributed by atoms with Crippen molar-refractivity contribution in [1.29, 1.82) is 0 Å². The molecule has 0 bridgehead atoms. The molecule has 108 valence electrons. The summed E-state index contributed by atoms with van der Waals surface area (Å²) in [7, 11) is 0. The summed E-state index contributed by atoms with van der Waals surface area (Å²) in [4.78, 5) is 12.4. The van der Waals surface area contributed by atoms with Crippen LogP contribution in [0.1, 0.15) is 10.4 Å². The standard InChI is InChI=1S/C15H13NO5/c16-10-4-2-1-3-9(10)13(17)21-15-7-19-11-5-6-18-14(12(11)15)20-8-15/h1-5H,6-8,16H2. The van der Waals surface area contributed by atoms with Crippen LogP contribution in [0.5, 0.6) is 0 Å². The van der Waals surface area contributed by atoms with Crippen LogP contribution in [0, 0.1) is 0 Å². The van der Waals surface area contributed by atoms with Crippen LogP contribution < -0.4 is 5.73 Å². The van der Waals surface area contributed by atoms with Crippen molar-refractivity contribution in [2.45, 2.75) is 5.60 Å². The minimum Gasteiger partial charge on any atom is -0.488 e. The molecule has 0 radical (unpaired) electrons. The largest absolute Gasteiger partial charge is 0.488 e. The van der Waals surface area contributed by atoms with Gasteiger partial charge in [-0.3, -0.25) is 0 Å². The van der Waals surface area contributed by atoms with Crippen LogP contribution in [0.3, 0.4) is 0 Å². The van der Waals surface area contributed by atoms with E-state index in [1.807, 2.05) is 0 Å². The highest BCUT2D eigenvalue weighted by molar-refractivity contribution is 5.95. The van der Waals surface area contributed by atoms with E-state index in [1.54, 1.807) is 30.3 Å². The van der Waals surface area contributed by atoms with Crippen LogP contribution in [0.4, 0.5) is 5.69 Å². The van der Waals surface area contributed by atoms with E-state index in [9.17, 15) is 4.79 Å². The molecule has 0 aliphatic carbocycles. The Morgan fingerprint density at radius 3 is 2.86 bits per heavy atom. The Morgan fingerprint density at radius 1 is 1.19 bits per heavy atom. The van der Waals surface area contributed by atoms with Crippen LogP contribution in [0.25, 0.3) is 0 Å². The molecule has 0 amide bonds. The van der Waals surface area contributed by atoms with Gasteiger partial charge in [-0.05, 0) is 18.2 Å². The molecule has 3 heterocycles. The van der Waals surface area contributed by atoms with Gasteiger partial charge in [0.15, 0.2) is 0 Å². The van der Waals surface area contributed by atoms with Gasteiger partial charge in [-0.25, -0.2) is 4.79 Å². The van der Waals surface area contributed by atoms with Gasteiger partial charge in [0.1, 0.15) is 31.2 Å². The molecular formula is C15H13NO5. The molecular weight excluding hydrogens is 274 g/mol. The quantitative estimate of drug-likeness (QED) is 0.653. The van der Waals surface area contributed by atoms with Crippen molar-refractivity contribution in [3.8, 4) is 0 Å². The smallest absolute Gasteiger partial charge is 0.341 e. The van der Waals surface area contributed by atoms with E-state index in [4.69, 9.17) is 24.7 Å². The molecule has 4 rings (SSSR count). The normalized spacial score (nSPS) is 25.4. The molecule has 1 unspecified atom stereocenters. The number of nitrogen functional groups attached to an aromatic ring is 1. The van der Waals surface area contributed by atoms with E-state index in [2.05, 4.69) is 0 Å². The highest BCUT2D eigenvalue weighted by Crippen LogP contribution is 2.46. The number of benzene rings is 1. The molecule has 0 saturated carbocycles. The van der Waals surface area contributed by atoms with Crippen molar-refractivity contribution >= 4 is 11.7 Å². The number of carbonyl (C=O) groups is 1. The summed E-state index contributed by atoms with van der Waals surface area (Å²) in [5.41, 5.74) is 6.25. The molecule has 1 atom stereocenters. The predicted molar refractivity (Wildman–Crippen MR) is 72.0 cm³/mol. The first-order valence-electron chi connectivity index (χ1n) is 6.61. The number of ether oxygens (including phenoxy) is 4. The average Bonchev–Trinajstić information content (AvgIpc) is 3.03. The minimum atomic E-state index is -0.944. The second-order valence-electron chi connectivity index (χ2n) is 5.09. The first-order valence-corrected chi connectivity index (χ1v) is 6.61. The molecule has 1 aromatic carbocycles. The minimum absolute atomic E-state index is 0.188. The van der Waals surface area contributed by atoms with Crippen LogP contribution >= 0.6 is 0 Å². The van der Waals surface area contributed by atoms with Crippen molar-refractivity contribution < 1.29 is 23.7 Å². The third-order valence-corrected chi connectivity index (χ3v) is 3.76. The molecule has 3 aliphatic rings. The Bertz CT molecular complexity index is 693. The lowest BCUT2D eigenvalue weighted by atomic mass is 9.97. The van der Waals surface area contributed by atoms with Gasteiger partial charge >= 0.3 is 5.97 Å². The number of hydrogen-bond acceptors (Lipinski definition) is 6. The van der Waals surface area contributed by atoms with Crippen molar-refractivity contribution in [3.05, 3.63) is 53.2 Å². The first-order chi connectivity index (χ1) is 10.2. The van der Waals surface area contributed by atoms with E-state index >= 15 is 0 Å². The Balaban J connectivity index is 1.66. The van der Waals surface area contributed by atoms with Gasteiger partial charge < -0.3 is 24.7 Å². The van der Waals surface area contributed by atoms with Gasteiger partial charge in [-0.2, -0.15) is 0 Å². The molecule has 2 N–H and O–H groups in total. The van der Waals surface area contributed by atoms with Gasteiger partial charge in [0, 0.05) is 5.69 Å². The van der Waals surface area contributed by atoms with Gasteiger partial charge in [0.2, 0.25) is 5.60 Å². The van der Waals surface area contributed by atoms with E-state index in [0.717, 1.165) is 0 Å². The fraction of sp³-hybridized carbons (Fsp3) is 0.267. The van der Waals surface area contributed by atoms with Crippen molar-refractivity contribution in [3.63, 3.8) is 0 Å². The van der Waals surface area contributed by atoms with Crippen LogP contribution in [0.15, 0.2) is 47.6 Å². The maximum absolute atomic E-state index is 12.4. The molecule has 3 aliphatic heterocycles. The van der Waals surface area contributed by atoms with E-state index in [0.29, 0.717) is 35.1 Å². The number of nitrogens with two attached hydrogens (primary N) is 1. The van der Waals surface area contributed by atoms with Crippen LogP contribution in [-0.4, -0.2) is 31.4 Å².